The van der Waals surface area contributed by atoms with Crippen molar-refractivity contribution >= 4 is 18.0 Å². The maximum absolute atomic E-state index is 11.9. The molecule has 0 saturated carbocycles. The van der Waals surface area contributed by atoms with Crippen LogP contribution >= 0.6 is 0 Å². The minimum Gasteiger partial charge on any atom is -0.445 e. The van der Waals surface area contributed by atoms with Crippen LogP contribution in [-0.4, -0.2) is 35.3 Å². The van der Waals surface area contributed by atoms with Crippen molar-refractivity contribution in [3.8, 4) is 0 Å². The highest BCUT2D eigenvalue weighted by molar-refractivity contribution is 5.91. The quantitative estimate of drug-likeness (QED) is 0.606. The van der Waals surface area contributed by atoms with Crippen molar-refractivity contribution in [3.05, 3.63) is 35.9 Å². The number of nitrogens with one attached hydrogen (secondary N) is 1. The average Bonchev–Trinajstić information content (AvgIpc) is 2.51. The minimum atomic E-state index is -1.42. The van der Waals surface area contributed by atoms with Gasteiger partial charge in [-0.3, -0.25) is 0 Å². The van der Waals surface area contributed by atoms with Gasteiger partial charge in [0.25, 0.3) is 0 Å². The highest BCUT2D eigenvalue weighted by Gasteiger charge is 2.29. The Labute approximate surface area is 134 Å². The topological polar surface area (TPSA) is 102 Å². The van der Waals surface area contributed by atoms with Gasteiger partial charge in [-0.1, -0.05) is 44.2 Å². The van der Waals surface area contributed by atoms with Gasteiger partial charge in [0.05, 0.1) is 0 Å². The third kappa shape index (κ3) is 6.48. The molecule has 0 aromatic heterocycles. The van der Waals surface area contributed by atoms with E-state index in [0.29, 0.717) is 0 Å². The molecular formula is C16H21NO6. The van der Waals surface area contributed by atoms with Crippen molar-refractivity contribution in [1.29, 1.82) is 0 Å². The molecule has 0 unspecified atom stereocenters. The fraction of sp³-hybridized carbons (Fsp3) is 0.438. The lowest BCUT2D eigenvalue weighted by molar-refractivity contribution is -0.167. The van der Waals surface area contributed by atoms with Gasteiger partial charge >= 0.3 is 18.0 Å². The van der Waals surface area contributed by atoms with Crippen LogP contribution in [0.4, 0.5) is 4.79 Å². The second-order valence-corrected chi connectivity index (χ2v) is 5.34. The number of alkyl carbamates (subject to hydrolysis) is 1. The van der Waals surface area contributed by atoms with E-state index in [9.17, 15) is 14.4 Å². The summed E-state index contributed by atoms with van der Waals surface area (Å²) in [6.07, 6.45) is -2.22. The highest BCUT2D eigenvalue weighted by atomic mass is 16.6. The summed E-state index contributed by atoms with van der Waals surface area (Å²) in [4.78, 5) is 34.9. The molecule has 0 fully saturated rings. The van der Waals surface area contributed by atoms with E-state index in [1.165, 1.54) is 6.92 Å². The van der Waals surface area contributed by atoms with Crippen molar-refractivity contribution in [3.63, 3.8) is 0 Å². The number of rotatable bonds is 6. The molecule has 0 saturated heterocycles. The molecule has 1 aromatic carbocycles. The Balaban J connectivity index is 2.56. The molecule has 1 amide bonds. The smallest absolute Gasteiger partial charge is 0.408 e. The van der Waals surface area contributed by atoms with Crippen molar-refractivity contribution in [2.24, 2.45) is 5.92 Å². The summed E-state index contributed by atoms with van der Waals surface area (Å²) in [7, 11) is 0. The molecular weight excluding hydrogens is 302 g/mol. The predicted octanol–water partition coefficient (Wildman–Crippen LogP) is 1.39. The van der Waals surface area contributed by atoms with Crippen LogP contribution in [0, 0.1) is 5.92 Å². The summed E-state index contributed by atoms with van der Waals surface area (Å²) < 4.78 is 9.52. The molecule has 2 atom stereocenters. The highest BCUT2D eigenvalue weighted by Crippen LogP contribution is 2.07. The first-order valence-corrected chi connectivity index (χ1v) is 7.22. The van der Waals surface area contributed by atoms with Gasteiger partial charge < -0.3 is 19.9 Å². The van der Waals surface area contributed by atoms with E-state index in [1.54, 1.807) is 26.0 Å². The van der Waals surface area contributed by atoms with E-state index in [-0.39, 0.29) is 12.5 Å². The van der Waals surface area contributed by atoms with Crippen molar-refractivity contribution in [1.82, 2.24) is 5.32 Å². The lowest BCUT2D eigenvalue weighted by Gasteiger charge is -2.20. The third-order valence-corrected chi connectivity index (χ3v) is 2.95. The van der Waals surface area contributed by atoms with Crippen molar-refractivity contribution in [2.45, 2.75) is 39.5 Å². The third-order valence-electron chi connectivity index (χ3n) is 2.95. The van der Waals surface area contributed by atoms with E-state index in [0.717, 1.165) is 5.56 Å². The molecule has 23 heavy (non-hydrogen) atoms. The SMILES string of the molecule is CC(C)[C@H](NC(=O)OCc1ccccc1)C(=O)OC(=O)[C@H](C)O. The lowest BCUT2D eigenvalue weighted by atomic mass is 10.1. The Morgan fingerprint density at radius 3 is 2.22 bits per heavy atom. The van der Waals surface area contributed by atoms with E-state index >= 15 is 0 Å². The summed E-state index contributed by atoms with van der Waals surface area (Å²) in [6, 6.07) is 8.00. The largest absolute Gasteiger partial charge is 0.445 e. The fourth-order valence-electron chi connectivity index (χ4n) is 1.64. The van der Waals surface area contributed by atoms with Crippen LogP contribution in [0.3, 0.4) is 0 Å². The molecule has 7 nitrogen and oxygen atoms in total. The molecule has 1 rings (SSSR count). The summed E-state index contributed by atoms with van der Waals surface area (Å²) in [5.74, 6) is -2.34. The maximum Gasteiger partial charge on any atom is 0.408 e. The number of esters is 2. The van der Waals surface area contributed by atoms with Crippen LogP contribution in [-0.2, 0) is 25.7 Å². The molecule has 0 aliphatic carbocycles. The molecule has 1 aromatic rings. The van der Waals surface area contributed by atoms with Crippen LogP contribution < -0.4 is 5.32 Å². The van der Waals surface area contributed by atoms with Gasteiger partial charge in [0.2, 0.25) is 0 Å². The molecule has 2 N–H and O–H groups in total. The minimum absolute atomic E-state index is 0.0547. The molecule has 0 bridgehead atoms. The normalized spacial score (nSPS) is 13.1. The van der Waals surface area contributed by atoms with Gasteiger partial charge in [-0.2, -0.15) is 0 Å². The van der Waals surface area contributed by atoms with Gasteiger partial charge in [0.1, 0.15) is 18.8 Å². The predicted molar refractivity (Wildman–Crippen MR) is 81.2 cm³/mol. The number of aliphatic hydroxyl groups is 1. The van der Waals surface area contributed by atoms with Crippen LogP contribution in [0.1, 0.15) is 26.3 Å². The second kappa shape index (κ2) is 8.89. The van der Waals surface area contributed by atoms with Crippen molar-refractivity contribution in [2.75, 3.05) is 0 Å². The first-order valence-electron chi connectivity index (χ1n) is 7.22. The number of benzene rings is 1. The molecule has 0 heterocycles. The van der Waals surface area contributed by atoms with E-state index in [1.807, 2.05) is 18.2 Å². The molecule has 0 radical (unpaired) electrons. The Morgan fingerprint density at radius 1 is 1.09 bits per heavy atom. The molecule has 7 heteroatoms. The molecule has 0 spiro atoms. The summed E-state index contributed by atoms with van der Waals surface area (Å²) in [6.45, 7) is 4.59. The van der Waals surface area contributed by atoms with Gasteiger partial charge in [0, 0.05) is 0 Å². The molecule has 0 aliphatic rings. The van der Waals surface area contributed by atoms with Gasteiger partial charge in [-0.25, -0.2) is 14.4 Å². The van der Waals surface area contributed by atoms with Crippen LogP contribution in [0.5, 0.6) is 0 Å². The van der Waals surface area contributed by atoms with Crippen molar-refractivity contribution < 1.29 is 29.0 Å². The van der Waals surface area contributed by atoms with E-state index in [2.05, 4.69) is 10.1 Å². The number of carbonyl (C=O) groups excluding carboxylic acids is 3. The number of hydrogen-bond donors (Lipinski definition) is 2. The zero-order chi connectivity index (χ0) is 17.4. The molecule has 126 valence electrons. The lowest BCUT2D eigenvalue weighted by Crippen LogP contribution is -2.46. The standard InChI is InChI=1S/C16H21NO6/c1-10(2)13(15(20)23-14(19)11(3)18)17-16(21)22-9-12-7-5-4-6-8-12/h4-8,10-11,13,18H,9H2,1-3H3,(H,17,21)/t11-,13-/m0/s1. The van der Waals surface area contributed by atoms with Crippen LogP contribution in [0.15, 0.2) is 30.3 Å². The monoisotopic (exact) mass is 323 g/mol. The first-order chi connectivity index (χ1) is 10.8. The Morgan fingerprint density at radius 2 is 1.70 bits per heavy atom. The number of carbonyl (C=O) groups is 3. The Hall–Kier alpha value is -2.41. The zero-order valence-corrected chi connectivity index (χ0v) is 13.3. The van der Waals surface area contributed by atoms with Crippen LogP contribution in [0.2, 0.25) is 0 Å². The van der Waals surface area contributed by atoms with Gasteiger partial charge in [0.15, 0.2) is 0 Å². The number of hydrogen-bond acceptors (Lipinski definition) is 6. The number of aliphatic hydroxyl groups excluding tert-OH is 1. The zero-order valence-electron chi connectivity index (χ0n) is 13.3. The van der Waals surface area contributed by atoms with E-state index in [4.69, 9.17) is 9.84 Å². The fourth-order valence-corrected chi connectivity index (χ4v) is 1.64. The summed E-state index contributed by atoms with van der Waals surface area (Å²) in [5, 5.41) is 11.4. The maximum atomic E-state index is 11.9. The Kier molecular flexibility index (Phi) is 7.21. The van der Waals surface area contributed by atoms with Gasteiger partial charge in [-0.05, 0) is 18.4 Å². The molecule has 0 aliphatic heterocycles. The van der Waals surface area contributed by atoms with Gasteiger partial charge in [-0.15, -0.1) is 0 Å². The second-order valence-electron chi connectivity index (χ2n) is 5.34. The summed E-state index contributed by atoms with van der Waals surface area (Å²) in [5.41, 5.74) is 0.801. The summed E-state index contributed by atoms with van der Waals surface area (Å²) >= 11 is 0. The average molecular weight is 323 g/mol. The first kappa shape index (κ1) is 18.6. The number of ether oxygens (including phenoxy) is 2. The van der Waals surface area contributed by atoms with Crippen LogP contribution in [0.25, 0.3) is 0 Å². The Bertz CT molecular complexity index is 541. The number of amides is 1. The van der Waals surface area contributed by atoms with E-state index < -0.39 is 30.2 Å².